The van der Waals surface area contributed by atoms with Crippen molar-refractivity contribution in [1.29, 1.82) is 0 Å². The first-order chi connectivity index (χ1) is 22.0. The highest BCUT2D eigenvalue weighted by Crippen LogP contribution is 2.34. The van der Waals surface area contributed by atoms with Gasteiger partial charge in [0.2, 0.25) is 0 Å². The molecule has 0 saturated carbocycles. The van der Waals surface area contributed by atoms with Crippen LogP contribution in [0.25, 0.3) is 22.3 Å². The van der Waals surface area contributed by atoms with Gasteiger partial charge in [0.05, 0.1) is 29.7 Å². The molecule has 0 saturated heterocycles. The number of H-pyrrole nitrogens is 1. The Morgan fingerprint density at radius 2 is 1.87 bits per heavy atom. The van der Waals surface area contributed by atoms with Gasteiger partial charge < -0.3 is 15.8 Å². The number of hydrogen-bond acceptors (Lipinski definition) is 11. The maximum absolute atomic E-state index is 13.6. The number of nitrogens with zero attached hydrogens (tertiary/aromatic N) is 8. The van der Waals surface area contributed by atoms with E-state index in [-0.39, 0.29) is 28.5 Å². The summed E-state index contributed by atoms with van der Waals surface area (Å²) in [5.41, 5.74) is 8.20. The molecule has 236 valence electrons. The molecule has 14 nitrogen and oxygen atoms in total. The lowest BCUT2D eigenvalue weighted by atomic mass is 10.1. The van der Waals surface area contributed by atoms with Crippen molar-refractivity contribution in [2.75, 3.05) is 17.7 Å². The zero-order valence-electron chi connectivity index (χ0n) is 24.3. The molecular formula is C29H26F3N11O3. The van der Waals surface area contributed by atoms with E-state index in [9.17, 15) is 22.8 Å². The van der Waals surface area contributed by atoms with Gasteiger partial charge in [0.25, 0.3) is 11.1 Å². The Morgan fingerprint density at radius 3 is 2.54 bits per heavy atom. The Kier molecular flexibility index (Phi) is 9.01. The molecule has 0 aliphatic carbocycles. The summed E-state index contributed by atoms with van der Waals surface area (Å²) >= 11 is 0. The van der Waals surface area contributed by atoms with Crippen LogP contribution in [0.3, 0.4) is 0 Å². The van der Waals surface area contributed by atoms with Gasteiger partial charge in [-0.1, -0.05) is 23.4 Å². The Labute approximate surface area is 257 Å². The van der Waals surface area contributed by atoms with Crippen molar-refractivity contribution in [2.24, 2.45) is 0 Å². The minimum absolute atomic E-state index is 0.0689. The van der Waals surface area contributed by atoms with Gasteiger partial charge in [-0.05, 0) is 43.7 Å². The predicted molar refractivity (Wildman–Crippen MR) is 161 cm³/mol. The Balaban J connectivity index is 0.000000527. The predicted octanol–water partition coefficient (Wildman–Crippen LogP) is 3.51. The zero-order chi connectivity index (χ0) is 32.8. The molecule has 0 spiro atoms. The van der Waals surface area contributed by atoms with Crippen molar-refractivity contribution >= 4 is 17.2 Å². The van der Waals surface area contributed by atoms with Gasteiger partial charge in [0.1, 0.15) is 29.2 Å². The average molecular weight is 634 g/mol. The maximum Gasteiger partial charge on any atom is 0.422 e. The average Bonchev–Trinajstić information content (AvgIpc) is 3.41. The number of rotatable bonds is 7. The van der Waals surface area contributed by atoms with Crippen molar-refractivity contribution in [3.8, 4) is 22.6 Å². The van der Waals surface area contributed by atoms with E-state index in [2.05, 4.69) is 35.7 Å². The summed E-state index contributed by atoms with van der Waals surface area (Å²) in [4.78, 5) is 36.1. The van der Waals surface area contributed by atoms with E-state index in [0.29, 0.717) is 28.2 Å². The first-order valence-corrected chi connectivity index (χ1v) is 13.6. The molecule has 1 atom stereocenters. The normalized spacial score (nSPS) is 11.8. The monoisotopic (exact) mass is 633 g/mol. The van der Waals surface area contributed by atoms with Gasteiger partial charge in [-0.2, -0.15) is 18.3 Å². The molecule has 0 unspecified atom stereocenters. The van der Waals surface area contributed by atoms with Crippen molar-refractivity contribution in [1.82, 2.24) is 44.5 Å². The number of anilines is 2. The third-order valence-corrected chi connectivity index (χ3v) is 6.46. The van der Waals surface area contributed by atoms with Gasteiger partial charge in [0.15, 0.2) is 12.4 Å². The second-order valence-electron chi connectivity index (χ2n) is 9.80. The molecule has 0 radical (unpaired) electrons. The van der Waals surface area contributed by atoms with Crippen LogP contribution in [0.4, 0.5) is 24.8 Å². The van der Waals surface area contributed by atoms with E-state index in [0.717, 1.165) is 5.56 Å². The van der Waals surface area contributed by atoms with E-state index in [1.54, 1.807) is 25.3 Å². The maximum atomic E-state index is 13.6. The number of nitrogen functional groups attached to an aromatic ring is 1. The number of nitrogens with two attached hydrogens (primary N) is 1. The molecule has 6 rings (SSSR count). The second-order valence-corrected chi connectivity index (χ2v) is 9.80. The number of nitrogens with one attached hydrogen (secondary N) is 2. The molecule has 5 aromatic heterocycles. The number of ether oxygens (including phenoxy) is 1. The SMILES string of the molecule is Cc1ccn2nc([C@H](C)Nc3ncnc(N)c3-c3cncc(OCC(F)(F)F)c3)n(-c3ccccc3)c(=O)c12.O=c1ccnn[nH]1. The number of aromatic nitrogens is 9. The van der Waals surface area contributed by atoms with Gasteiger partial charge >= 0.3 is 6.18 Å². The fourth-order valence-electron chi connectivity index (χ4n) is 4.45. The van der Waals surface area contributed by atoms with Gasteiger partial charge in [-0.15, -0.1) is 5.10 Å². The topological polar surface area (TPSA) is 184 Å². The Bertz CT molecular complexity index is 2060. The molecule has 0 aliphatic heterocycles. The summed E-state index contributed by atoms with van der Waals surface area (Å²) < 4.78 is 45.9. The number of fused-ring (bicyclic) bond motifs is 1. The van der Waals surface area contributed by atoms with E-state index >= 15 is 0 Å². The van der Waals surface area contributed by atoms with Crippen LogP contribution in [-0.4, -0.2) is 57.3 Å². The van der Waals surface area contributed by atoms with Crippen LogP contribution in [0.15, 0.2) is 89.2 Å². The van der Waals surface area contributed by atoms with Crippen LogP contribution in [0.2, 0.25) is 0 Å². The summed E-state index contributed by atoms with van der Waals surface area (Å²) in [6.07, 6.45) is 2.37. The highest BCUT2D eigenvalue weighted by molar-refractivity contribution is 5.83. The van der Waals surface area contributed by atoms with E-state index in [1.165, 1.54) is 46.1 Å². The number of benzene rings is 1. The van der Waals surface area contributed by atoms with Crippen LogP contribution in [0.1, 0.15) is 24.4 Å². The van der Waals surface area contributed by atoms with Crippen LogP contribution in [0, 0.1) is 6.92 Å². The number of hydrogen-bond donors (Lipinski definition) is 3. The van der Waals surface area contributed by atoms with Gasteiger partial charge in [0, 0.05) is 24.0 Å². The molecule has 1 aromatic carbocycles. The fraction of sp³-hybridized carbons (Fsp3) is 0.172. The zero-order valence-corrected chi connectivity index (χ0v) is 24.3. The van der Waals surface area contributed by atoms with Crippen molar-refractivity contribution in [3.63, 3.8) is 0 Å². The van der Waals surface area contributed by atoms with E-state index < -0.39 is 18.8 Å². The number of pyridine rings is 1. The van der Waals surface area contributed by atoms with Crippen molar-refractivity contribution < 1.29 is 17.9 Å². The third kappa shape index (κ3) is 7.15. The molecule has 6 aromatic rings. The quantitative estimate of drug-likeness (QED) is 0.234. The number of para-hydroxylation sites is 1. The molecule has 5 heterocycles. The third-order valence-electron chi connectivity index (χ3n) is 6.46. The summed E-state index contributed by atoms with van der Waals surface area (Å²) in [5.74, 6) is 0.625. The van der Waals surface area contributed by atoms with Crippen molar-refractivity contribution in [2.45, 2.75) is 26.1 Å². The molecule has 0 amide bonds. The molecule has 0 aliphatic rings. The number of aromatic amines is 1. The molecule has 0 bridgehead atoms. The second kappa shape index (κ2) is 13.2. The molecule has 46 heavy (non-hydrogen) atoms. The highest BCUT2D eigenvalue weighted by Gasteiger charge is 2.29. The minimum atomic E-state index is -4.51. The van der Waals surface area contributed by atoms with Gasteiger partial charge in [-0.25, -0.2) is 19.6 Å². The summed E-state index contributed by atoms with van der Waals surface area (Å²) in [6, 6.07) is 13.0. The number of halogens is 3. The first kappa shape index (κ1) is 31.3. The van der Waals surface area contributed by atoms with Crippen LogP contribution in [-0.2, 0) is 0 Å². The van der Waals surface area contributed by atoms with E-state index in [4.69, 9.17) is 15.6 Å². The highest BCUT2D eigenvalue weighted by atomic mass is 19.4. The summed E-state index contributed by atoms with van der Waals surface area (Å²) in [5, 5.41) is 16.6. The van der Waals surface area contributed by atoms with Crippen molar-refractivity contribution in [3.05, 3.63) is 112 Å². The Morgan fingerprint density at radius 1 is 1.09 bits per heavy atom. The first-order valence-electron chi connectivity index (χ1n) is 13.6. The standard InChI is InChI=1S/C26H23F3N8O2.C3H3N3O/c1-15-8-9-36-21(15)25(38)37(18-6-4-3-5-7-18)24(35-36)16(2)34-23-20(22(30)32-14-33-23)17-10-19(12-31-11-17)39-13-26(27,28)29;7-3-1-2-4-6-5-3/h3-12,14,16H,13H2,1-2H3,(H3,30,32,33,34);1-2H,(H,4,5,7)/t16-;/m0./s1. The molecule has 0 fully saturated rings. The lowest BCUT2D eigenvalue weighted by molar-refractivity contribution is -0.153. The smallest absolute Gasteiger partial charge is 0.422 e. The van der Waals surface area contributed by atoms with Gasteiger partial charge in [-0.3, -0.25) is 19.1 Å². The van der Waals surface area contributed by atoms with E-state index in [1.807, 2.05) is 31.2 Å². The van der Waals surface area contributed by atoms with Crippen LogP contribution < -0.4 is 26.9 Å². The summed E-state index contributed by atoms with van der Waals surface area (Å²) in [6.45, 7) is 2.17. The minimum Gasteiger partial charge on any atom is -0.482 e. The number of aryl methyl sites for hydroxylation is 1. The summed E-state index contributed by atoms with van der Waals surface area (Å²) in [7, 11) is 0. The molecule has 17 heteroatoms. The number of alkyl halides is 3. The lowest BCUT2D eigenvalue weighted by Crippen LogP contribution is -2.29. The molecular weight excluding hydrogens is 607 g/mol. The lowest BCUT2D eigenvalue weighted by Gasteiger charge is -2.21. The Hall–Kier alpha value is -6.13. The van der Waals surface area contributed by atoms with Crippen LogP contribution >= 0.6 is 0 Å². The largest absolute Gasteiger partial charge is 0.482 e. The fourth-order valence-corrected chi connectivity index (χ4v) is 4.45. The van der Waals surface area contributed by atoms with Crippen LogP contribution in [0.5, 0.6) is 5.75 Å². The molecule has 4 N–H and O–H groups in total.